The Morgan fingerprint density at radius 2 is 1.50 bits per heavy atom. The molecule has 1 rings (SSSR count). The highest BCUT2D eigenvalue weighted by Gasteiger charge is 2.52. The van der Waals surface area contributed by atoms with E-state index in [0.717, 1.165) is 32.1 Å². The van der Waals surface area contributed by atoms with E-state index in [2.05, 4.69) is 38.3 Å². The molecular formula is C15H28N2OSi2. The van der Waals surface area contributed by atoms with E-state index in [1.165, 1.54) is 6.04 Å². The summed E-state index contributed by atoms with van der Waals surface area (Å²) in [7, 11) is -2.82. The highest BCUT2D eigenvalue weighted by Crippen LogP contribution is 2.43. The molecule has 1 saturated heterocycles. The number of nitriles is 2. The van der Waals surface area contributed by atoms with Crippen LogP contribution in [0.15, 0.2) is 0 Å². The summed E-state index contributed by atoms with van der Waals surface area (Å²) in [5.74, 6) is 0. The molecule has 0 radical (unpaired) electrons. The molecule has 3 nitrogen and oxygen atoms in total. The Morgan fingerprint density at radius 1 is 1.00 bits per heavy atom. The number of nitrogens with zero attached hydrogens (tertiary/aromatic N) is 2. The van der Waals surface area contributed by atoms with E-state index in [1.807, 2.05) is 0 Å². The molecule has 0 amide bonds. The summed E-state index contributed by atoms with van der Waals surface area (Å²) in [5.41, 5.74) is -0.0358. The quantitative estimate of drug-likeness (QED) is 0.535. The van der Waals surface area contributed by atoms with E-state index in [-0.39, 0.29) is 5.60 Å². The maximum Gasteiger partial charge on any atom is 0.174 e. The van der Waals surface area contributed by atoms with Gasteiger partial charge in [0.2, 0.25) is 0 Å². The molecule has 112 valence electrons. The second-order valence-corrected chi connectivity index (χ2v) is 22.4. The van der Waals surface area contributed by atoms with Gasteiger partial charge in [0.15, 0.2) is 7.83 Å². The van der Waals surface area contributed by atoms with Crippen molar-refractivity contribution < 1.29 is 4.43 Å². The second kappa shape index (κ2) is 6.89. The fraction of sp³-hybridized carbons (Fsp3) is 0.867. The topological polar surface area (TPSA) is 56.8 Å². The van der Waals surface area contributed by atoms with E-state index in [4.69, 9.17) is 14.9 Å². The van der Waals surface area contributed by atoms with Crippen molar-refractivity contribution in [3.63, 3.8) is 0 Å². The molecule has 0 aromatic rings. The first-order valence-corrected chi connectivity index (χ1v) is 14.8. The zero-order valence-electron chi connectivity index (χ0n) is 13.5. The first kappa shape index (κ1) is 17.4. The largest absolute Gasteiger partial charge is 0.415 e. The summed E-state index contributed by atoms with van der Waals surface area (Å²) < 4.78 is 6.75. The van der Waals surface area contributed by atoms with Gasteiger partial charge in [-0.05, 0) is 45.2 Å². The third-order valence-electron chi connectivity index (χ3n) is 5.15. The second-order valence-electron chi connectivity index (χ2n) is 7.20. The first-order valence-electron chi connectivity index (χ1n) is 7.73. The van der Waals surface area contributed by atoms with Gasteiger partial charge < -0.3 is 4.43 Å². The third-order valence-corrected chi connectivity index (χ3v) is 21.7. The van der Waals surface area contributed by atoms with Crippen molar-refractivity contribution >= 4 is 15.4 Å². The van der Waals surface area contributed by atoms with E-state index >= 15 is 0 Å². The van der Waals surface area contributed by atoms with Crippen LogP contribution >= 0.6 is 0 Å². The van der Waals surface area contributed by atoms with Crippen LogP contribution in [0, 0.1) is 22.7 Å². The fourth-order valence-electron chi connectivity index (χ4n) is 3.03. The summed E-state index contributed by atoms with van der Waals surface area (Å²) in [5, 5.41) is 17.5. The average molecular weight is 309 g/mol. The smallest absolute Gasteiger partial charge is 0.174 e. The van der Waals surface area contributed by atoms with Gasteiger partial charge >= 0.3 is 0 Å². The molecule has 0 atom stereocenters. The lowest BCUT2D eigenvalue weighted by atomic mass is 9.88. The lowest BCUT2D eigenvalue weighted by Gasteiger charge is -2.52. The van der Waals surface area contributed by atoms with E-state index in [1.54, 1.807) is 0 Å². The Kier molecular flexibility index (Phi) is 6.00. The summed E-state index contributed by atoms with van der Waals surface area (Å²) >= 11 is 0. The van der Waals surface area contributed by atoms with Crippen molar-refractivity contribution in [1.82, 2.24) is 0 Å². The van der Waals surface area contributed by atoms with E-state index in [9.17, 15) is 0 Å². The molecule has 0 saturated carbocycles. The predicted octanol–water partition coefficient (Wildman–Crippen LogP) is 4.53. The number of hydrogen-bond donors (Lipinski definition) is 0. The van der Waals surface area contributed by atoms with E-state index < -0.39 is 15.4 Å². The van der Waals surface area contributed by atoms with Crippen molar-refractivity contribution in [2.24, 2.45) is 0 Å². The molecule has 0 aromatic heterocycles. The van der Waals surface area contributed by atoms with Crippen molar-refractivity contribution in [1.29, 1.82) is 10.5 Å². The van der Waals surface area contributed by atoms with Crippen LogP contribution in [0.1, 0.15) is 44.9 Å². The minimum atomic E-state index is -1.60. The van der Waals surface area contributed by atoms with Crippen LogP contribution in [0.3, 0.4) is 0 Å². The minimum Gasteiger partial charge on any atom is -0.415 e. The molecule has 1 fully saturated rings. The maximum atomic E-state index is 8.76. The Labute approximate surface area is 125 Å². The van der Waals surface area contributed by atoms with Crippen molar-refractivity contribution in [3.8, 4) is 12.1 Å². The highest BCUT2D eigenvalue weighted by molar-refractivity contribution is 7.38. The van der Waals surface area contributed by atoms with Crippen molar-refractivity contribution in [2.45, 2.75) is 82.8 Å². The number of hydrogen-bond acceptors (Lipinski definition) is 3. The molecule has 0 aromatic carbocycles. The van der Waals surface area contributed by atoms with Crippen LogP contribution in [0.25, 0.3) is 0 Å². The Bertz CT molecular complexity index is 387. The van der Waals surface area contributed by atoms with Gasteiger partial charge in [-0.3, -0.25) is 0 Å². The van der Waals surface area contributed by atoms with Crippen LogP contribution in [0.5, 0.6) is 0 Å². The standard InChI is InChI=1S/C15H28N2OSi2/c1-19(2)14-11-15(9-5-7-12-16,10-6-8-13-17)18-20(19,3)4/h5-11,14H2,1-4H3. The van der Waals surface area contributed by atoms with Crippen LogP contribution in [0.2, 0.25) is 32.2 Å². The van der Waals surface area contributed by atoms with Gasteiger partial charge in [0, 0.05) is 12.8 Å². The van der Waals surface area contributed by atoms with Crippen LogP contribution in [0.4, 0.5) is 0 Å². The molecule has 0 unspecified atom stereocenters. The SMILES string of the molecule is C[Si]1(C)CCC(CCCC#N)(CCCC#N)O[Si]1(C)C. The maximum absolute atomic E-state index is 8.76. The van der Waals surface area contributed by atoms with Gasteiger partial charge in [-0.1, -0.05) is 19.1 Å². The molecule has 0 aliphatic carbocycles. The van der Waals surface area contributed by atoms with Gasteiger partial charge in [-0.25, -0.2) is 0 Å². The Balaban J connectivity index is 2.79. The molecule has 0 spiro atoms. The first-order chi connectivity index (χ1) is 9.29. The molecule has 1 aliphatic rings. The van der Waals surface area contributed by atoms with Crippen molar-refractivity contribution in [2.75, 3.05) is 0 Å². The minimum absolute atomic E-state index is 0.0358. The zero-order chi connectivity index (χ0) is 15.3. The molecular weight excluding hydrogens is 280 g/mol. The van der Waals surface area contributed by atoms with Gasteiger partial charge in [-0.2, -0.15) is 10.5 Å². The lowest BCUT2D eigenvalue weighted by Crippen LogP contribution is -2.65. The van der Waals surface area contributed by atoms with Crippen LogP contribution in [-0.4, -0.2) is 21.0 Å². The molecule has 0 N–H and O–H groups in total. The summed E-state index contributed by atoms with van der Waals surface area (Å²) in [4.78, 5) is 0. The van der Waals surface area contributed by atoms with Crippen LogP contribution < -0.4 is 0 Å². The Morgan fingerprint density at radius 3 is 1.90 bits per heavy atom. The Hall–Kier alpha value is -0.626. The van der Waals surface area contributed by atoms with E-state index in [0.29, 0.717) is 12.8 Å². The fourth-order valence-corrected chi connectivity index (χ4v) is 10.0. The van der Waals surface area contributed by atoms with Crippen LogP contribution in [-0.2, 0) is 4.43 Å². The van der Waals surface area contributed by atoms with Crippen molar-refractivity contribution in [3.05, 3.63) is 0 Å². The number of unbranched alkanes of at least 4 members (excludes halogenated alkanes) is 2. The lowest BCUT2D eigenvalue weighted by molar-refractivity contribution is 0.0319. The molecule has 20 heavy (non-hydrogen) atoms. The van der Waals surface area contributed by atoms with Gasteiger partial charge in [0.25, 0.3) is 0 Å². The predicted molar refractivity (Wildman–Crippen MR) is 87.1 cm³/mol. The van der Waals surface area contributed by atoms with Gasteiger partial charge in [0.05, 0.1) is 25.3 Å². The van der Waals surface area contributed by atoms with Gasteiger partial charge in [-0.15, -0.1) is 0 Å². The third kappa shape index (κ3) is 4.18. The molecule has 1 heterocycles. The summed E-state index contributed by atoms with van der Waals surface area (Å²) in [6, 6.07) is 5.82. The average Bonchev–Trinajstić information content (AvgIpc) is 2.35. The molecule has 1 aliphatic heterocycles. The normalized spacial score (nSPS) is 22.7. The summed E-state index contributed by atoms with van der Waals surface area (Å²) in [6.07, 6.45) is 6.21. The van der Waals surface area contributed by atoms with Gasteiger partial charge in [0.1, 0.15) is 0 Å². The summed E-state index contributed by atoms with van der Waals surface area (Å²) in [6.45, 7) is 9.69. The zero-order valence-corrected chi connectivity index (χ0v) is 15.5. The monoisotopic (exact) mass is 308 g/mol. The number of rotatable bonds is 6. The molecule has 0 bridgehead atoms. The molecule has 5 heteroatoms. The highest BCUT2D eigenvalue weighted by atomic mass is 29.3.